The molecule has 0 bridgehead atoms. The monoisotopic (exact) mass is 343 g/mol. The Hall–Kier alpha value is -2.67. The lowest BCUT2D eigenvalue weighted by Gasteiger charge is -2.31. The number of ether oxygens (including phenoxy) is 1. The Morgan fingerprint density at radius 2 is 2.24 bits per heavy atom. The molecule has 1 fully saturated rings. The molecule has 1 aromatic carbocycles. The molecule has 1 aromatic heterocycles. The lowest BCUT2D eigenvalue weighted by atomic mass is 9.84. The average molecular weight is 343 g/mol. The fraction of sp³-hybridized carbons (Fsp3) is 0.389. The molecule has 1 saturated heterocycles. The van der Waals surface area contributed by atoms with Gasteiger partial charge in [0.05, 0.1) is 17.7 Å². The lowest BCUT2D eigenvalue weighted by Crippen LogP contribution is -2.44. The third kappa shape index (κ3) is 3.88. The zero-order valence-corrected chi connectivity index (χ0v) is 14.1. The predicted octanol–water partition coefficient (Wildman–Crippen LogP) is 2.00. The smallest absolute Gasteiger partial charge is 0.356 e. The third-order valence-corrected chi connectivity index (χ3v) is 4.42. The van der Waals surface area contributed by atoms with E-state index in [1.54, 1.807) is 6.20 Å². The molecule has 1 aliphatic rings. The van der Waals surface area contributed by atoms with E-state index in [0.717, 1.165) is 24.1 Å². The number of hydrogen-bond donors (Lipinski definition) is 2. The van der Waals surface area contributed by atoms with Crippen LogP contribution >= 0.6 is 0 Å². The molecular formula is C18H21N3O4. The number of carboxylic acids is 1. The molecule has 1 amide bonds. The van der Waals surface area contributed by atoms with E-state index in [1.165, 1.54) is 10.7 Å². The molecule has 132 valence electrons. The molecule has 1 atom stereocenters. The Kier molecular flexibility index (Phi) is 4.85. The van der Waals surface area contributed by atoms with Crippen LogP contribution in [0.2, 0.25) is 0 Å². The molecule has 0 spiro atoms. The third-order valence-electron chi connectivity index (χ3n) is 4.42. The van der Waals surface area contributed by atoms with Crippen molar-refractivity contribution in [2.45, 2.75) is 26.3 Å². The number of hydrogen-bond acceptors (Lipinski definition) is 4. The van der Waals surface area contributed by atoms with Crippen LogP contribution in [0.15, 0.2) is 36.5 Å². The first-order chi connectivity index (χ1) is 12.0. The van der Waals surface area contributed by atoms with Crippen molar-refractivity contribution in [2.24, 2.45) is 5.41 Å². The summed E-state index contributed by atoms with van der Waals surface area (Å²) in [7, 11) is 0. The summed E-state index contributed by atoms with van der Waals surface area (Å²) in [6.45, 7) is 3.49. The molecule has 7 nitrogen and oxygen atoms in total. The maximum atomic E-state index is 12.5. The number of aromatic carboxylic acids is 1. The summed E-state index contributed by atoms with van der Waals surface area (Å²) >= 11 is 0. The minimum absolute atomic E-state index is 0.00939. The van der Waals surface area contributed by atoms with Gasteiger partial charge in [0.1, 0.15) is 0 Å². The largest absolute Gasteiger partial charge is 0.476 e. The molecule has 2 heterocycles. The van der Waals surface area contributed by atoms with Gasteiger partial charge in [-0.05, 0) is 43.5 Å². The Morgan fingerprint density at radius 3 is 2.92 bits per heavy atom. The molecular weight excluding hydrogens is 322 g/mol. The van der Waals surface area contributed by atoms with Gasteiger partial charge in [-0.15, -0.1) is 0 Å². The van der Waals surface area contributed by atoms with E-state index in [0.29, 0.717) is 19.8 Å². The second-order valence-corrected chi connectivity index (χ2v) is 6.52. The number of amides is 1. The topological polar surface area (TPSA) is 93.5 Å². The van der Waals surface area contributed by atoms with Gasteiger partial charge in [0, 0.05) is 19.3 Å². The number of carboxylic acid groups (broad SMARTS) is 1. The first kappa shape index (κ1) is 17.2. The van der Waals surface area contributed by atoms with E-state index in [-0.39, 0.29) is 11.6 Å². The highest BCUT2D eigenvalue weighted by molar-refractivity contribution is 5.85. The zero-order chi connectivity index (χ0) is 17.9. The number of carbonyl (C=O) groups is 2. The SMILES string of the molecule is C[C@]1(C(=O)NCc2cccc(-n3ccc(C(=O)O)n3)c2)CCCOC1. The summed E-state index contributed by atoms with van der Waals surface area (Å²) in [6.07, 6.45) is 3.32. The van der Waals surface area contributed by atoms with Gasteiger partial charge in [-0.3, -0.25) is 4.79 Å². The minimum atomic E-state index is -1.06. The van der Waals surface area contributed by atoms with Crippen LogP contribution in [0.1, 0.15) is 35.8 Å². The molecule has 2 N–H and O–H groups in total. The van der Waals surface area contributed by atoms with E-state index in [1.807, 2.05) is 31.2 Å². The normalized spacial score (nSPS) is 20.2. The molecule has 2 aromatic rings. The molecule has 0 aliphatic carbocycles. The fourth-order valence-corrected chi connectivity index (χ4v) is 2.90. The van der Waals surface area contributed by atoms with Gasteiger partial charge in [0.15, 0.2) is 5.69 Å². The Labute approximate surface area is 145 Å². The average Bonchev–Trinajstić information content (AvgIpc) is 3.11. The quantitative estimate of drug-likeness (QED) is 0.866. The van der Waals surface area contributed by atoms with Crippen LogP contribution in [-0.2, 0) is 16.1 Å². The molecule has 0 saturated carbocycles. The van der Waals surface area contributed by atoms with Crippen molar-refractivity contribution < 1.29 is 19.4 Å². The van der Waals surface area contributed by atoms with Crippen molar-refractivity contribution in [3.8, 4) is 5.69 Å². The molecule has 3 rings (SSSR count). The van der Waals surface area contributed by atoms with Crippen LogP contribution in [0.5, 0.6) is 0 Å². The van der Waals surface area contributed by atoms with Gasteiger partial charge in [-0.25, -0.2) is 9.48 Å². The number of benzene rings is 1. The first-order valence-electron chi connectivity index (χ1n) is 8.22. The number of rotatable bonds is 5. The van der Waals surface area contributed by atoms with Crippen LogP contribution in [0, 0.1) is 5.41 Å². The first-order valence-corrected chi connectivity index (χ1v) is 8.22. The highest BCUT2D eigenvalue weighted by atomic mass is 16.5. The van der Waals surface area contributed by atoms with Crippen molar-refractivity contribution in [3.63, 3.8) is 0 Å². The van der Waals surface area contributed by atoms with Gasteiger partial charge < -0.3 is 15.2 Å². The van der Waals surface area contributed by atoms with Crippen molar-refractivity contribution in [3.05, 3.63) is 47.8 Å². The van der Waals surface area contributed by atoms with Gasteiger partial charge >= 0.3 is 5.97 Å². The Balaban J connectivity index is 1.67. The number of carbonyl (C=O) groups excluding carboxylic acids is 1. The molecule has 0 radical (unpaired) electrons. The molecule has 7 heteroatoms. The van der Waals surface area contributed by atoms with Crippen molar-refractivity contribution in [1.29, 1.82) is 0 Å². The van der Waals surface area contributed by atoms with E-state index < -0.39 is 11.4 Å². The predicted molar refractivity (Wildman–Crippen MR) is 90.5 cm³/mol. The summed E-state index contributed by atoms with van der Waals surface area (Å²) < 4.78 is 6.94. The van der Waals surface area contributed by atoms with Crippen LogP contribution in [0.4, 0.5) is 0 Å². The number of aromatic nitrogens is 2. The highest BCUT2D eigenvalue weighted by Gasteiger charge is 2.35. The Bertz CT molecular complexity index is 778. The fourth-order valence-electron chi connectivity index (χ4n) is 2.90. The van der Waals surface area contributed by atoms with Crippen LogP contribution < -0.4 is 5.32 Å². The van der Waals surface area contributed by atoms with Gasteiger partial charge in [0.25, 0.3) is 0 Å². The van der Waals surface area contributed by atoms with Crippen molar-refractivity contribution in [2.75, 3.05) is 13.2 Å². The van der Waals surface area contributed by atoms with Crippen LogP contribution in [0.3, 0.4) is 0 Å². The molecule has 1 aliphatic heterocycles. The maximum Gasteiger partial charge on any atom is 0.356 e. The van der Waals surface area contributed by atoms with Crippen molar-refractivity contribution in [1.82, 2.24) is 15.1 Å². The van der Waals surface area contributed by atoms with Crippen molar-refractivity contribution >= 4 is 11.9 Å². The summed E-state index contributed by atoms with van der Waals surface area (Å²) in [5, 5.41) is 15.9. The van der Waals surface area contributed by atoms with Gasteiger partial charge in [0.2, 0.25) is 5.91 Å². The van der Waals surface area contributed by atoms with E-state index in [9.17, 15) is 9.59 Å². The minimum Gasteiger partial charge on any atom is -0.476 e. The standard InChI is InChI=1S/C18H21N3O4/c1-18(7-3-9-25-12-18)17(24)19-11-13-4-2-5-14(10-13)21-8-6-15(20-21)16(22)23/h2,4-6,8,10H,3,7,9,11-12H2,1H3,(H,19,24)(H,22,23)/t18-/m0/s1. The zero-order valence-electron chi connectivity index (χ0n) is 14.1. The van der Waals surface area contributed by atoms with Gasteiger partial charge in [-0.2, -0.15) is 5.10 Å². The summed E-state index contributed by atoms with van der Waals surface area (Å²) in [5.41, 5.74) is 1.17. The van der Waals surface area contributed by atoms with Crippen LogP contribution in [0.25, 0.3) is 5.69 Å². The maximum absolute atomic E-state index is 12.5. The van der Waals surface area contributed by atoms with E-state index in [2.05, 4.69) is 10.4 Å². The highest BCUT2D eigenvalue weighted by Crippen LogP contribution is 2.28. The lowest BCUT2D eigenvalue weighted by molar-refractivity contribution is -0.137. The molecule has 0 unspecified atom stereocenters. The summed E-state index contributed by atoms with van der Waals surface area (Å²) in [6, 6.07) is 8.91. The van der Waals surface area contributed by atoms with E-state index >= 15 is 0 Å². The Morgan fingerprint density at radius 1 is 1.40 bits per heavy atom. The summed E-state index contributed by atoms with van der Waals surface area (Å²) in [4.78, 5) is 23.4. The second kappa shape index (κ2) is 7.06. The van der Waals surface area contributed by atoms with E-state index in [4.69, 9.17) is 9.84 Å². The van der Waals surface area contributed by atoms with Crippen LogP contribution in [-0.4, -0.2) is 40.0 Å². The second-order valence-electron chi connectivity index (χ2n) is 6.52. The van der Waals surface area contributed by atoms with Gasteiger partial charge in [-0.1, -0.05) is 12.1 Å². The summed E-state index contributed by atoms with van der Waals surface area (Å²) in [5.74, 6) is -1.07. The number of nitrogens with zero attached hydrogens (tertiary/aromatic N) is 2. The molecule has 25 heavy (non-hydrogen) atoms. The number of nitrogens with one attached hydrogen (secondary N) is 1.